The van der Waals surface area contributed by atoms with Crippen LogP contribution < -0.4 is 0 Å². The zero-order valence-corrected chi connectivity index (χ0v) is 14.4. The van der Waals surface area contributed by atoms with Crippen LogP contribution in [0.2, 0.25) is 0 Å². The Morgan fingerprint density at radius 3 is 2.57 bits per heavy atom. The maximum atomic E-state index is 11.9. The van der Waals surface area contributed by atoms with Crippen molar-refractivity contribution in [1.82, 2.24) is 4.98 Å². The van der Waals surface area contributed by atoms with E-state index in [4.69, 9.17) is 9.15 Å². The highest BCUT2D eigenvalue weighted by Crippen LogP contribution is 2.33. The molecule has 0 N–H and O–H groups in total. The Bertz CT molecular complexity index is 683. The highest BCUT2D eigenvalue weighted by atomic mass is 79.9. The minimum absolute atomic E-state index is 0.166. The van der Waals surface area contributed by atoms with Gasteiger partial charge in [0.05, 0.1) is 7.11 Å². The van der Waals surface area contributed by atoms with Gasteiger partial charge < -0.3 is 9.15 Å². The zero-order chi connectivity index (χ0) is 15.8. The molecule has 0 atom stereocenters. The van der Waals surface area contributed by atoms with E-state index in [1.54, 1.807) is 0 Å². The van der Waals surface area contributed by atoms with Gasteiger partial charge in [0.25, 0.3) is 0 Å². The molecular formula is C16H18BrNO3. The lowest BCUT2D eigenvalue weighted by molar-refractivity contribution is 0.0562. The van der Waals surface area contributed by atoms with Crippen LogP contribution in [-0.2, 0) is 10.2 Å². The largest absolute Gasteiger partial charge is 0.463 e. The average Bonchev–Trinajstić information content (AvgIpc) is 2.86. The predicted molar refractivity (Wildman–Crippen MR) is 84.4 cm³/mol. The molecule has 0 fully saturated rings. The number of aromatic nitrogens is 1. The number of hydrogen-bond donors (Lipinski definition) is 0. The number of ether oxygens (including phenoxy) is 1. The molecule has 1 aromatic carbocycles. The molecule has 1 heterocycles. The average molecular weight is 352 g/mol. The first kappa shape index (κ1) is 15.8. The summed E-state index contributed by atoms with van der Waals surface area (Å²) in [6, 6.07) is 5.78. The normalized spacial score (nSPS) is 11.5. The first-order valence-corrected chi connectivity index (χ1v) is 7.40. The van der Waals surface area contributed by atoms with Crippen molar-refractivity contribution >= 4 is 21.9 Å². The highest BCUT2D eigenvalue weighted by Gasteiger charge is 2.30. The van der Waals surface area contributed by atoms with Gasteiger partial charge in [-0.15, -0.1) is 0 Å². The standard InChI is InChI=1S/C16H18BrNO3/c1-9-10(7-6-8-11(9)17)14-18-13(16(2,3)4)12(21-14)15(19)20-5/h6-8H,1-5H3. The van der Waals surface area contributed by atoms with Crippen molar-refractivity contribution in [3.8, 4) is 11.5 Å². The zero-order valence-electron chi connectivity index (χ0n) is 12.8. The van der Waals surface area contributed by atoms with Crippen LogP contribution in [0.25, 0.3) is 11.5 Å². The van der Waals surface area contributed by atoms with Crippen molar-refractivity contribution < 1.29 is 13.9 Å². The SMILES string of the molecule is COC(=O)c1oc(-c2cccc(Br)c2C)nc1C(C)(C)C. The summed E-state index contributed by atoms with van der Waals surface area (Å²) in [6.07, 6.45) is 0. The van der Waals surface area contributed by atoms with Gasteiger partial charge in [0.15, 0.2) is 0 Å². The van der Waals surface area contributed by atoms with E-state index in [2.05, 4.69) is 20.9 Å². The number of benzene rings is 1. The van der Waals surface area contributed by atoms with Gasteiger partial charge in [-0.2, -0.15) is 0 Å². The number of rotatable bonds is 2. The highest BCUT2D eigenvalue weighted by molar-refractivity contribution is 9.10. The summed E-state index contributed by atoms with van der Waals surface area (Å²) in [5.74, 6) is 0.0878. The molecule has 0 aliphatic heterocycles. The molecule has 2 aromatic rings. The van der Waals surface area contributed by atoms with Crippen LogP contribution in [-0.4, -0.2) is 18.1 Å². The van der Waals surface area contributed by atoms with Crippen LogP contribution in [0.3, 0.4) is 0 Å². The number of methoxy groups -OCH3 is 1. The molecule has 0 unspecified atom stereocenters. The van der Waals surface area contributed by atoms with Gasteiger partial charge >= 0.3 is 5.97 Å². The Kier molecular flexibility index (Phi) is 4.23. The molecule has 2 rings (SSSR count). The van der Waals surface area contributed by atoms with Crippen LogP contribution in [0.15, 0.2) is 27.1 Å². The van der Waals surface area contributed by atoms with E-state index in [1.807, 2.05) is 45.9 Å². The molecule has 0 saturated carbocycles. The van der Waals surface area contributed by atoms with Crippen LogP contribution in [0.1, 0.15) is 42.6 Å². The number of hydrogen-bond acceptors (Lipinski definition) is 4. The second kappa shape index (κ2) is 5.64. The molecule has 4 nitrogen and oxygen atoms in total. The molecule has 0 spiro atoms. The quantitative estimate of drug-likeness (QED) is 0.747. The third kappa shape index (κ3) is 3.02. The molecule has 0 saturated heterocycles. The minimum atomic E-state index is -0.508. The molecule has 1 aromatic heterocycles. The predicted octanol–water partition coefficient (Wildman–Crippen LogP) is 4.50. The summed E-state index contributed by atoms with van der Waals surface area (Å²) in [5.41, 5.74) is 2.15. The van der Waals surface area contributed by atoms with E-state index in [1.165, 1.54) is 7.11 Å². The van der Waals surface area contributed by atoms with Crippen LogP contribution in [0.4, 0.5) is 0 Å². The lowest BCUT2D eigenvalue weighted by Crippen LogP contribution is -2.17. The first-order chi connectivity index (χ1) is 9.75. The Morgan fingerprint density at radius 2 is 2.00 bits per heavy atom. The molecule has 0 aliphatic rings. The third-order valence-electron chi connectivity index (χ3n) is 3.21. The van der Waals surface area contributed by atoms with Gasteiger partial charge in [-0.1, -0.05) is 42.8 Å². The van der Waals surface area contributed by atoms with Gasteiger partial charge in [-0.3, -0.25) is 0 Å². The Labute approximate surface area is 132 Å². The molecule has 21 heavy (non-hydrogen) atoms. The Morgan fingerprint density at radius 1 is 1.33 bits per heavy atom. The number of carbonyl (C=O) groups is 1. The fourth-order valence-corrected chi connectivity index (χ4v) is 2.38. The molecular weight excluding hydrogens is 334 g/mol. The summed E-state index contributed by atoms with van der Waals surface area (Å²) < 4.78 is 11.5. The van der Waals surface area contributed by atoms with Crippen molar-refractivity contribution in [1.29, 1.82) is 0 Å². The van der Waals surface area contributed by atoms with Gasteiger partial charge in [0, 0.05) is 15.5 Å². The van der Waals surface area contributed by atoms with Crippen molar-refractivity contribution in [2.75, 3.05) is 7.11 Å². The van der Waals surface area contributed by atoms with Gasteiger partial charge in [0.1, 0.15) is 5.69 Å². The van der Waals surface area contributed by atoms with Gasteiger partial charge in [-0.05, 0) is 24.6 Å². The summed E-state index contributed by atoms with van der Waals surface area (Å²) in [6.45, 7) is 7.91. The van der Waals surface area contributed by atoms with E-state index < -0.39 is 5.97 Å². The summed E-state index contributed by atoms with van der Waals surface area (Å²) >= 11 is 3.49. The van der Waals surface area contributed by atoms with E-state index in [0.29, 0.717) is 11.6 Å². The molecule has 0 radical (unpaired) electrons. The van der Waals surface area contributed by atoms with Crippen LogP contribution >= 0.6 is 15.9 Å². The Hall–Kier alpha value is -1.62. The van der Waals surface area contributed by atoms with E-state index >= 15 is 0 Å². The number of carbonyl (C=O) groups excluding carboxylic acids is 1. The molecule has 0 aliphatic carbocycles. The van der Waals surface area contributed by atoms with Gasteiger partial charge in [-0.25, -0.2) is 9.78 Å². The van der Waals surface area contributed by atoms with E-state index in [0.717, 1.165) is 15.6 Å². The number of esters is 1. The summed E-state index contributed by atoms with van der Waals surface area (Å²) in [7, 11) is 1.33. The second-order valence-corrected chi connectivity index (χ2v) is 6.71. The van der Waals surface area contributed by atoms with Gasteiger partial charge in [0.2, 0.25) is 11.7 Å². The van der Waals surface area contributed by atoms with Crippen LogP contribution in [0.5, 0.6) is 0 Å². The fraction of sp³-hybridized carbons (Fsp3) is 0.375. The lowest BCUT2D eigenvalue weighted by Gasteiger charge is -2.15. The molecule has 5 heteroatoms. The fourth-order valence-electron chi connectivity index (χ4n) is 2.01. The summed E-state index contributed by atoms with van der Waals surface area (Å²) in [5, 5.41) is 0. The third-order valence-corrected chi connectivity index (χ3v) is 4.07. The monoisotopic (exact) mass is 351 g/mol. The first-order valence-electron chi connectivity index (χ1n) is 6.60. The molecule has 0 bridgehead atoms. The Balaban J connectivity index is 2.64. The number of oxazole rings is 1. The second-order valence-electron chi connectivity index (χ2n) is 5.85. The minimum Gasteiger partial charge on any atom is -0.463 e. The van der Waals surface area contributed by atoms with Crippen molar-refractivity contribution in [2.45, 2.75) is 33.1 Å². The molecule has 0 amide bonds. The van der Waals surface area contributed by atoms with Crippen LogP contribution in [0, 0.1) is 6.92 Å². The van der Waals surface area contributed by atoms with E-state index in [-0.39, 0.29) is 11.2 Å². The maximum absolute atomic E-state index is 11.9. The van der Waals surface area contributed by atoms with Crippen molar-refractivity contribution in [3.05, 3.63) is 39.7 Å². The smallest absolute Gasteiger partial charge is 0.376 e. The maximum Gasteiger partial charge on any atom is 0.376 e. The topological polar surface area (TPSA) is 52.3 Å². The number of halogens is 1. The molecule has 112 valence electrons. The number of nitrogens with zero attached hydrogens (tertiary/aromatic N) is 1. The van der Waals surface area contributed by atoms with E-state index in [9.17, 15) is 4.79 Å². The van der Waals surface area contributed by atoms with Crippen molar-refractivity contribution in [2.24, 2.45) is 0 Å². The van der Waals surface area contributed by atoms with Crippen molar-refractivity contribution in [3.63, 3.8) is 0 Å². The lowest BCUT2D eigenvalue weighted by atomic mass is 9.91. The summed E-state index contributed by atoms with van der Waals surface area (Å²) in [4.78, 5) is 16.4.